The van der Waals surface area contributed by atoms with Gasteiger partial charge in [0.05, 0.1) is 17.9 Å². The molecular formula is C42H70N2O5. The topological polar surface area (TPSA) is 116 Å². The van der Waals surface area contributed by atoms with Crippen LogP contribution >= 0.6 is 0 Å². The Kier molecular flexibility index (Phi) is 11.2. The number of rotatable bonds is 13. The predicted molar refractivity (Wildman–Crippen MR) is 196 cm³/mol. The first-order chi connectivity index (χ1) is 22.9. The summed E-state index contributed by atoms with van der Waals surface area (Å²) in [4.78, 5) is 37.3. The molecule has 7 heteroatoms. The fourth-order valence-electron chi connectivity index (χ4n) is 13.5. The molecule has 0 saturated heterocycles. The van der Waals surface area contributed by atoms with Crippen LogP contribution in [0.3, 0.4) is 0 Å². The maximum Gasteiger partial charge on any atom is 0.305 e. The average Bonchev–Trinajstić information content (AvgIpc) is 3.42. The van der Waals surface area contributed by atoms with Crippen molar-refractivity contribution in [3.63, 3.8) is 0 Å². The highest BCUT2D eigenvalue weighted by molar-refractivity contribution is 5.84. The van der Waals surface area contributed by atoms with Gasteiger partial charge in [-0.05, 0) is 142 Å². The lowest BCUT2D eigenvalue weighted by atomic mass is 9.32. The van der Waals surface area contributed by atoms with Gasteiger partial charge in [-0.2, -0.15) is 0 Å². The zero-order chi connectivity index (χ0) is 36.0. The fourth-order valence-corrected chi connectivity index (χ4v) is 13.5. The molecule has 0 spiro atoms. The van der Waals surface area contributed by atoms with Crippen LogP contribution in [-0.4, -0.2) is 46.7 Å². The van der Waals surface area contributed by atoms with Crippen molar-refractivity contribution < 1.29 is 24.6 Å². The number of hydrogen-bond acceptors (Lipinski definition) is 4. The number of unbranched alkanes of at least 4 members (excludes halogenated alkanes) is 4. The molecule has 0 aromatic heterocycles. The maximum atomic E-state index is 14.4. The molecule has 5 fully saturated rings. The number of fused-ring (bicyclic) bond motifs is 7. The zero-order valence-corrected chi connectivity index (χ0v) is 32.1. The minimum atomic E-state index is -0.903. The summed E-state index contributed by atoms with van der Waals surface area (Å²) < 4.78 is 0. The van der Waals surface area contributed by atoms with E-state index in [1.165, 1.54) is 31.3 Å². The Labute approximate surface area is 297 Å². The van der Waals surface area contributed by atoms with Gasteiger partial charge in [0, 0.05) is 19.0 Å². The molecule has 11 atom stereocenters. The molecular weight excluding hydrogens is 612 g/mol. The van der Waals surface area contributed by atoms with Crippen LogP contribution in [0.15, 0.2) is 12.2 Å². The molecule has 0 heterocycles. The summed E-state index contributed by atoms with van der Waals surface area (Å²) in [5.41, 5.74) is 1.62. The second-order valence-electron chi connectivity index (χ2n) is 19.1. The fraction of sp³-hybridized carbons (Fsp3) is 0.881. The summed E-state index contributed by atoms with van der Waals surface area (Å²) in [7, 11) is 0. The van der Waals surface area contributed by atoms with Crippen molar-refractivity contribution >= 4 is 17.8 Å². The van der Waals surface area contributed by atoms with Gasteiger partial charge in [0.15, 0.2) is 0 Å². The molecule has 278 valence electrons. The Morgan fingerprint density at radius 3 is 2.20 bits per heavy atom. The number of nitrogens with one attached hydrogen (secondary N) is 2. The first-order valence-electron chi connectivity index (χ1n) is 20.1. The van der Waals surface area contributed by atoms with E-state index in [0.717, 1.165) is 70.6 Å². The van der Waals surface area contributed by atoms with Gasteiger partial charge in [0.2, 0.25) is 11.8 Å². The van der Waals surface area contributed by atoms with Crippen LogP contribution in [0.5, 0.6) is 0 Å². The van der Waals surface area contributed by atoms with E-state index >= 15 is 0 Å². The molecule has 0 aliphatic heterocycles. The van der Waals surface area contributed by atoms with E-state index in [4.69, 9.17) is 5.11 Å². The number of carbonyl (C=O) groups excluding carboxylic acids is 2. The molecule has 2 unspecified atom stereocenters. The monoisotopic (exact) mass is 683 g/mol. The van der Waals surface area contributed by atoms with Crippen molar-refractivity contribution in [3.8, 4) is 0 Å². The lowest BCUT2D eigenvalue weighted by Gasteiger charge is -2.72. The summed E-state index contributed by atoms with van der Waals surface area (Å²) in [6, 6.07) is -0.349. The van der Waals surface area contributed by atoms with E-state index in [1.54, 1.807) is 6.92 Å². The molecule has 5 rings (SSSR count). The molecule has 4 N–H and O–H groups in total. The highest BCUT2D eigenvalue weighted by Gasteiger charge is 2.71. The summed E-state index contributed by atoms with van der Waals surface area (Å²) >= 11 is 0. The van der Waals surface area contributed by atoms with Crippen molar-refractivity contribution in [1.29, 1.82) is 0 Å². The Morgan fingerprint density at radius 1 is 0.816 bits per heavy atom. The highest BCUT2D eigenvalue weighted by atomic mass is 16.4. The van der Waals surface area contributed by atoms with Crippen molar-refractivity contribution in [1.82, 2.24) is 10.6 Å². The average molecular weight is 683 g/mol. The molecule has 2 amide bonds. The van der Waals surface area contributed by atoms with Crippen LogP contribution in [-0.2, 0) is 14.4 Å². The highest BCUT2D eigenvalue weighted by Crippen LogP contribution is 2.77. The van der Waals surface area contributed by atoms with Crippen LogP contribution in [0.2, 0.25) is 0 Å². The van der Waals surface area contributed by atoms with Gasteiger partial charge in [-0.15, -0.1) is 0 Å². The van der Waals surface area contributed by atoms with Gasteiger partial charge in [-0.3, -0.25) is 14.4 Å². The molecule has 5 aliphatic rings. The number of aliphatic hydroxyl groups excluding tert-OH is 1. The molecule has 7 nitrogen and oxygen atoms in total. The van der Waals surface area contributed by atoms with Crippen LogP contribution in [0.1, 0.15) is 158 Å². The summed E-state index contributed by atoms with van der Waals surface area (Å²) in [6.45, 7) is 21.7. The number of carboxylic acid groups (broad SMARTS) is 1. The van der Waals surface area contributed by atoms with Crippen LogP contribution in [0, 0.1) is 56.7 Å². The molecule has 0 aromatic carbocycles. The van der Waals surface area contributed by atoms with Gasteiger partial charge in [0.1, 0.15) is 0 Å². The van der Waals surface area contributed by atoms with Crippen LogP contribution in [0.4, 0.5) is 0 Å². The SMILES string of the molecule is C=C(C)[C@@H]1CC[C@]2(C(=O)NCCCCCCCC(=O)NC(C)CC(=O)O)CC[C@]3(C)[C@H](CCC4[C@@]5(C)CC[C@H](O)C(C)(C)[C@@H]5CC[C@]43C)[C@@H]12. The molecule has 49 heavy (non-hydrogen) atoms. The van der Waals surface area contributed by atoms with E-state index in [2.05, 4.69) is 58.8 Å². The third-order valence-electron chi connectivity index (χ3n) is 16.3. The Balaban J connectivity index is 1.20. The number of carbonyl (C=O) groups is 3. The Hall–Kier alpha value is -1.89. The number of amides is 2. The number of aliphatic hydroxyl groups is 1. The summed E-state index contributed by atoms with van der Waals surface area (Å²) in [6.07, 6.45) is 16.0. The standard InChI is InChI=1S/C42H70N2O5/c1-27(2)29-17-22-42(37(49)43-25-13-11-9-10-12-14-34(46)44-28(3)26-35(47)48)24-23-40(7)30(36(29)42)15-16-32-39(6)20-19-33(45)38(4,5)31(39)18-21-41(32,40)8/h28-33,36,45H,1,9-26H2,2-8H3,(H,43,49)(H,44,46)(H,47,48)/t28?,29-,30+,31-,32?,33-,36+,39-,40+,41+,42-/m0/s1. The number of aliphatic carboxylic acids is 1. The number of allylic oxidation sites excluding steroid dienone is 1. The largest absolute Gasteiger partial charge is 0.481 e. The van der Waals surface area contributed by atoms with Gasteiger partial charge < -0.3 is 20.8 Å². The Morgan fingerprint density at radius 2 is 1.51 bits per heavy atom. The van der Waals surface area contributed by atoms with Gasteiger partial charge in [-0.1, -0.05) is 66.0 Å². The minimum absolute atomic E-state index is 0.0394. The van der Waals surface area contributed by atoms with Crippen molar-refractivity contribution in [2.75, 3.05) is 6.54 Å². The van der Waals surface area contributed by atoms with E-state index in [-0.39, 0.29) is 51.5 Å². The van der Waals surface area contributed by atoms with E-state index in [0.29, 0.717) is 48.5 Å². The minimum Gasteiger partial charge on any atom is -0.481 e. The maximum absolute atomic E-state index is 14.4. The van der Waals surface area contributed by atoms with Gasteiger partial charge in [0.25, 0.3) is 0 Å². The van der Waals surface area contributed by atoms with E-state index in [9.17, 15) is 19.5 Å². The van der Waals surface area contributed by atoms with Crippen molar-refractivity contribution in [3.05, 3.63) is 12.2 Å². The van der Waals surface area contributed by atoms with E-state index < -0.39 is 5.97 Å². The lowest BCUT2D eigenvalue weighted by molar-refractivity contribution is -0.246. The molecule has 0 radical (unpaired) electrons. The van der Waals surface area contributed by atoms with Crippen molar-refractivity contribution in [2.45, 2.75) is 170 Å². The third kappa shape index (κ3) is 6.65. The summed E-state index contributed by atoms with van der Waals surface area (Å²) in [5, 5.41) is 26.2. The van der Waals surface area contributed by atoms with Gasteiger partial charge >= 0.3 is 5.97 Å². The molecule has 0 aromatic rings. The Bertz CT molecular complexity index is 1260. The summed E-state index contributed by atoms with van der Waals surface area (Å²) in [5.74, 6) is 1.84. The second-order valence-corrected chi connectivity index (χ2v) is 19.1. The zero-order valence-electron chi connectivity index (χ0n) is 32.1. The van der Waals surface area contributed by atoms with Crippen LogP contribution < -0.4 is 10.6 Å². The first-order valence-corrected chi connectivity index (χ1v) is 20.1. The quantitative estimate of drug-likeness (QED) is 0.115. The molecule has 5 aliphatic carbocycles. The number of hydrogen-bond donors (Lipinski definition) is 4. The van der Waals surface area contributed by atoms with Crippen LogP contribution in [0.25, 0.3) is 0 Å². The molecule has 5 saturated carbocycles. The third-order valence-corrected chi connectivity index (χ3v) is 16.3. The van der Waals surface area contributed by atoms with Gasteiger partial charge in [-0.25, -0.2) is 0 Å². The predicted octanol–water partition coefficient (Wildman–Crippen LogP) is 8.44. The normalized spacial score (nSPS) is 41.3. The smallest absolute Gasteiger partial charge is 0.305 e. The van der Waals surface area contributed by atoms with Crippen molar-refractivity contribution in [2.24, 2.45) is 56.7 Å². The van der Waals surface area contributed by atoms with E-state index in [1.807, 2.05) is 0 Å². The molecule has 0 bridgehead atoms. The second kappa shape index (κ2) is 14.3. The first kappa shape index (κ1) is 38.3. The lowest BCUT2D eigenvalue weighted by Crippen LogP contribution is -2.67. The number of carboxylic acids is 1.